The predicted octanol–water partition coefficient (Wildman–Crippen LogP) is 1.40. The second-order valence-corrected chi connectivity index (χ2v) is 3.00. The van der Waals surface area contributed by atoms with Crippen LogP contribution in [-0.4, -0.2) is 22.5 Å². The SMILES string of the molecule is Cc1ccc([N+](=O)[O-])cc1NCC(=O)O. The van der Waals surface area contributed by atoms with Gasteiger partial charge in [-0.15, -0.1) is 0 Å². The Morgan fingerprint density at radius 3 is 2.80 bits per heavy atom. The zero-order valence-electron chi connectivity index (χ0n) is 8.06. The number of hydrogen-bond donors (Lipinski definition) is 2. The van der Waals surface area contributed by atoms with Crippen LogP contribution in [0.4, 0.5) is 11.4 Å². The van der Waals surface area contributed by atoms with Crippen LogP contribution in [0.1, 0.15) is 5.56 Å². The number of nitrogens with zero attached hydrogens (tertiary/aromatic N) is 1. The van der Waals surface area contributed by atoms with Crippen molar-refractivity contribution >= 4 is 17.3 Å². The molecule has 0 atom stereocenters. The Labute approximate surface area is 85.7 Å². The monoisotopic (exact) mass is 210 g/mol. The first-order valence-corrected chi connectivity index (χ1v) is 4.21. The number of nitro groups is 1. The quantitative estimate of drug-likeness (QED) is 0.578. The van der Waals surface area contributed by atoms with Gasteiger partial charge in [-0.2, -0.15) is 0 Å². The van der Waals surface area contributed by atoms with Gasteiger partial charge < -0.3 is 10.4 Å². The molecule has 1 aromatic carbocycles. The first-order valence-electron chi connectivity index (χ1n) is 4.21. The maximum atomic E-state index is 10.5. The van der Waals surface area contributed by atoms with Crippen molar-refractivity contribution < 1.29 is 14.8 Å². The summed E-state index contributed by atoms with van der Waals surface area (Å²) in [6.45, 7) is 1.48. The number of carbonyl (C=O) groups is 1. The highest BCUT2D eigenvalue weighted by molar-refractivity contribution is 5.73. The molecular weight excluding hydrogens is 200 g/mol. The maximum absolute atomic E-state index is 10.5. The van der Waals surface area contributed by atoms with E-state index >= 15 is 0 Å². The van der Waals surface area contributed by atoms with Gasteiger partial charge in [0.15, 0.2) is 0 Å². The van der Waals surface area contributed by atoms with Gasteiger partial charge in [0.05, 0.1) is 4.92 Å². The van der Waals surface area contributed by atoms with Crippen LogP contribution in [0.2, 0.25) is 0 Å². The minimum Gasteiger partial charge on any atom is -0.480 e. The van der Waals surface area contributed by atoms with Gasteiger partial charge in [0, 0.05) is 17.8 Å². The standard InChI is InChI=1S/C9H10N2O4/c1-6-2-3-7(11(14)15)4-8(6)10-5-9(12)13/h2-4,10H,5H2,1H3,(H,12,13). The molecule has 0 aromatic heterocycles. The van der Waals surface area contributed by atoms with E-state index in [1.54, 1.807) is 13.0 Å². The third-order valence-corrected chi connectivity index (χ3v) is 1.86. The molecular formula is C9H10N2O4. The fraction of sp³-hybridized carbons (Fsp3) is 0.222. The van der Waals surface area contributed by atoms with Crippen molar-refractivity contribution in [2.75, 3.05) is 11.9 Å². The van der Waals surface area contributed by atoms with Crippen molar-refractivity contribution in [1.82, 2.24) is 0 Å². The summed E-state index contributed by atoms with van der Waals surface area (Å²) in [7, 11) is 0. The van der Waals surface area contributed by atoms with E-state index in [0.29, 0.717) is 5.69 Å². The predicted molar refractivity (Wildman–Crippen MR) is 54.0 cm³/mol. The van der Waals surface area contributed by atoms with Gasteiger partial charge in [-0.1, -0.05) is 6.07 Å². The number of benzene rings is 1. The number of rotatable bonds is 4. The molecule has 0 fully saturated rings. The Hall–Kier alpha value is -2.11. The number of nitro benzene ring substituents is 1. The van der Waals surface area contributed by atoms with Crippen molar-refractivity contribution in [3.05, 3.63) is 33.9 Å². The third-order valence-electron chi connectivity index (χ3n) is 1.86. The number of carboxylic acid groups (broad SMARTS) is 1. The van der Waals surface area contributed by atoms with Gasteiger partial charge in [0.2, 0.25) is 0 Å². The van der Waals surface area contributed by atoms with Crippen molar-refractivity contribution in [2.45, 2.75) is 6.92 Å². The fourth-order valence-corrected chi connectivity index (χ4v) is 1.08. The smallest absolute Gasteiger partial charge is 0.322 e. The van der Waals surface area contributed by atoms with Gasteiger partial charge in [0.1, 0.15) is 6.54 Å². The first-order chi connectivity index (χ1) is 7.00. The summed E-state index contributed by atoms with van der Waals surface area (Å²) in [5, 5.41) is 21.5. The number of carboxylic acids is 1. The number of aryl methyl sites for hydroxylation is 1. The normalized spacial score (nSPS) is 9.67. The van der Waals surface area contributed by atoms with Gasteiger partial charge in [-0.05, 0) is 12.5 Å². The average Bonchev–Trinajstić information content (AvgIpc) is 2.16. The lowest BCUT2D eigenvalue weighted by Crippen LogP contribution is -2.13. The third kappa shape index (κ3) is 2.94. The number of non-ortho nitro benzene ring substituents is 1. The fourth-order valence-electron chi connectivity index (χ4n) is 1.08. The van der Waals surface area contributed by atoms with Crippen LogP contribution in [0.5, 0.6) is 0 Å². The second kappa shape index (κ2) is 4.41. The minimum atomic E-state index is -1.01. The molecule has 0 amide bonds. The number of anilines is 1. The molecule has 0 bridgehead atoms. The summed E-state index contributed by atoms with van der Waals surface area (Å²) in [5.41, 5.74) is 1.17. The zero-order chi connectivity index (χ0) is 11.4. The second-order valence-electron chi connectivity index (χ2n) is 3.00. The molecule has 0 radical (unpaired) electrons. The largest absolute Gasteiger partial charge is 0.480 e. The molecule has 0 heterocycles. The van der Waals surface area contributed by atoms with Crippen molar-refractivity contribution in [2.24, 2.45) is 0 Å². The summed E-state index contributed by atoms with van der Waals surface area (Å²) < 4.78 is 0. The number of nitrogens with one attached hydrogen (secondary N) is 1. The van der Waals surface area contributed by atoms with Crippen LogP contribution >= 0.6 is 0 Å². The molecule has 1 aromatic rings. The van der Waals surface area contributed by atoms with Crippen molar-refractivity contribution in [3.63, 3.8) is 0 Å². The van der Waals surface area contributed by atoms with E-state index in [9.17, 15) is 14.9 Å². The summed E-state index contributed by atoms with van der Waals surface area (Å²) in [5.74, 6) is -1.01. The van der Waals surface area contributed by atoms with Crippen LogP contribution in [0.15, 0.2) is 18.2 Å². The van der Waals surface area contributed by atoms with E-state index < -0.39 is 10.9 Å². The van der Waals surface area contributed by atoms with Crippen molar-refractivity contribution in [1.29, 1.82) is 0 Å². The molecule has 0 saturated carbocycles. The topological polar surface area (TPSA) is 92.5 Å². The molecule has 80 valence electrons. The van der Waals surface area contributed by atoms with Crippen LogP contribution in [-0.2, 0) is 4.79 Å². The Kier molecular flexibility index (Phi) is 3.22. The first kappa shape index (κ1) is 11.0. The van der Waals surface area contributed by atoms with Crippen LogP contribution in [0.25, 0.3) is 0 Å². The average molecular weight is 210 g/mol. The number of hydrogen-bond acceptors (Lipinski definition) is 4. The van der Waals surface area contributed by atoms with E-state index in [-0.39, 0.29) is 12.2 Å². The summed E-state index contributed by atoms with van der Waals surface area (Å²) >= 11 is 0. The lowest BCUT2D eigenvalue weighted by atomic mass is 10.2. The van der Waals surface area contributed by atoms with Gasteiger partial charge in [0.25, 0.3) is 5.69 Å². The minimum absolute atomic E-state index is 0.0616. The van der Waals surface area contributed by atoms with E-state index in [1.807, 2.05) is 0 Å². The Morgan fingerprint density at radius 2 is 2.27 bits per heavy atom. The molecule has 0 aliphatic carbocycles. The summed E-state index contributed by atoms with van der Waals surface area (Å²) in [6.07, 6.45) is 0. The highest BCUT2D eigenvalue weighted by Crippen LogP contribution is 2.21. The molecule has 2 N–H and O–H groups in total. The Morgan fingerprint density at radius 1 is 1.60 bits per heavy atom. The highest BCUT2D eigenvalue weighted by atomic mass is 16.6. The van der Waals surface area contributed by atoms with Gasteiger partial charge in [-0.25, -0.2) is 0 Å². The molecule has 0 unspecified atom stereocenters. The molecule has 15 heavy (non-hydrogen) atoms. The molecule has 6 heteroatoms. The van der Waals surface area contributed by atoms with Crippen molar-refractivity contribution in [3.8, 4) is 0 Å². The zero-order valence-corrected chi connectivity index (χ0v) is 8.06. The number of aliphatic carboxylic acids is 1. The Balaban J connectivity index is 2.90. The lowest BCUT2D eigenvalue weighted by molar-refractivity contribution is -0.384. The Bertz CT molecular complexity index is 403. The van der Waals surface area contributed by atoms with E-state index in [4.69, 9.17) is 5.11 Å². The van der Waals surface area contributed by atoms with E-state index in [1.165, 1.54) is 12.1 Å². The van der Waals surface area contributed by atoms with Crippen LogP contribution in [0, 0.1) is 17.0 Å². The molecule has 1 rings (SSSR count). The molecule has 0 spiro atoms. The molecule has 0 aliphatic heterocycles. The van der Waals surface area contributed by atoms with Crippen LogP contribution in [0.3, 0.4) is 0 Å². The molecule has 6 nitrogen and oxygen atoms in total. The highest BCUT2D eigenvalue weighted by Gasteiger charge is 2.08. The lowest BCUT2D eigenvalue weighted by Gasteiger charge is -2.06. The van der Waals surface area contributed by atoms with Crippen LogP contribution < -0.4 is 5.32 Å². The van der Waals surface area contributed by atoms with E-state index in [0.717, 1.165) is 5.56 Å². The molecule has 0 saturated heterocycles. The van der Waals surface area contributed by atoms with E-state index in [2.05, 4.69) is 5.32 Å². The van der Waals surface area contributed by atoms with Gasteiger partial charge >= 0.3 is 5.97 Å². The summed E-state index contributed by atoms with van der Waals surface area (Å²) in [4.78, 5) is 20.2. The van der Waals surface area contributed by atoms with Gasteiger partial charge in [-0.3, -0.25) is 14.9 Å². The summed E-state index contributed by atoms with van der Waals surface area (Å²) in [6, 6.07) is 4.27. The maximum Gasteiger partial charge on any atom is 0.322 e. The molecule has 0 aliphatic rings.